The van der Waals surface area contributed by atoms with E-state index < -0.39 is 5.79 Å². The van der Waals surface area contributed by atoms with Crippen LogP contribution in [0.4, 0.5) is 0 Å². The molecule has 4 nitrogen and oxygen atoms in total. The highest BCUT2D eigenvalue weighted by molar-refractivity contribution is 5.24. The Kier molecular flexibility index (Phi) is 1.72. The van der Waals surface area contributed by atoms with Crippen molar-refractivity contribution in [3.8, 4) is 0 Å². The summed E-state index contributed by atoms with van der Waals surface area (Å²) in [6, 6.07) is 0. The zero-order valence-corrected chi connectivity index (χ0v) is 9.77. The average molecular weight is 226 g/mol. The fraction of sp³-hybridized carbons (Fsp3) is 1.00. The van der Waals surface area contributed by atoms with Crippen molar-refractivity contribution in [1.29, 1.82) is 0 Å². The van der Waals surface area contributed by atoms with Gasteiger partial charge in [0.1, 0.15) is 5.60 Å². The second kappa shape index (κ2) is 2.80. The molecule has 5 atom stereocenters. The molecule has 0 aromatic heterocycles. The molecule has 2 aliphatic heterocycles. The summed E-state index contributed by atoms with van der Waals surface area (Å²) in [6.45, 7) is 3.59. The van der Waals surface area contributed by atoms with E-state index in [-0.39, 0.29) is 5.60 Å². The summed E-state index contributed by atoms with van der Waals surface area (Å²) in [5.74, 6) is 0.350. The Morgan fingerprint density at radius 2 is 2.00 bits per heavy atom. The Labute approximate surface area is 95.2 Å². The van der Waals surface area contributed by atoms with Gasteiger partial charge in [-0.25, -0.2) is 0 Å². The SMILES string of the molecule is CO[C@]12CC[C@@H]3O[C@@H]3[C@H]1C(C)C21OCCO1. The molecule has 4 heteroatoms. The van der Waals surface area contributed by atoms with Crippen LogP contribution in [-0.4, -0.2) is 43.9 Å². The average Bonchev–Trinajstić information content (AvgIpc) is 2.88. The van der Waals surface area contributed by atoms with Crippen molar-refractivity contribution in [1.82, 2.24) is 0 Å². The lowest BCUT2D eigenvalue weighted by Crippen LogP contribution is -2.78. The Morgan fingerprint density at radius 3 is 2.69 bits per heavy atom. The molecule has 0 aromatic rings. The fourth-order valence-corrected chi connectivity index (χ4v) is 4.43. The van der Waals surface area contributed by atoms with Crippen LogP contribution < -0.4 is 0 Å². The van der Waals surface area contributed by atoms with Crippen LogP contribution in [0.3, 0.4) is 0 Å². The molecule has 16 heavy (non-hydrogen) atoms. The molecule has 2 saturated carbocycles. The van der Waals surface area contributed by atoms with Crippen molar-refractivity contribution >= 4 is 0 Å². The van der Waals surface area contributed by atoms with Gasteiger partial charge in [0.15, 0.2) is 0 Å². The van der Waals surface area contributed by atoms with Gasteiger partial charge in [-0.2, -0.15) is 0 Å². The molecule has 4 rings (SSSR count). The predicted molar refractivity (Wildman–Crippen MR) is 54.9 cm³/mol. The number of epoxide rings is 1. The summed E-state index contributed by atoms with van der Waals surface area (Å²) in [5, 5.41) is 0. The molecule has 0 radical (unpaired) electrons. The molecule has 1 unspecified atom stereocenters. The summed E-state index contributed by atoms with van der Waals surface area (Å²) in [5.41, 5.74) is -0.249. The van der Waals surface area contributed by atoms with Crippen molar-refractivity contribution < 1.29 is 18.9 Å². The molecule has 2 aliphatic carbocycles. The summed E-state index contributed by atoms with van der Waals surface area (Å²) in [7, 11) is 1.79. The first kappa shape index (κ1) is 9.83. The molecule has 4 fully saturated rings. The molecule has 2 heterocycles. The number of hydrogen-bond donors (Lipinski definition) is 0. The maximum Gasteiger partial charge on any atom is 0.201 e. The maximum absolute atomic E-state index is 5.92. The van der Waals surface area contributed by atoms with Crippen LogP contribution in [0.15, 0.2) is 0 Å². The van der Waals surface area contributed by atoms with Crippen molar-refractivity contribution in [2.45, 2.75) is 43.4 Å². The van der Waals surface area contributed by atoms with Crippen LogP contribution in [0.2, 0.25) is 0 Å². The molecule has 90 valence electrons. The molecule has 2 saturated heterocycles. The second-order valence-electron chi connectivity index (χ2n) is 5.45. The highest BCUT2D eigenvalue weighted by Crippen LogP contribution is 2.67. The lowest BCUT2D eigenvalue weighted by molar-refractivity contribution is -0.401. The number of methoxy groups -OCH3 is 1. The third-order valence-corrected chi connectivity index (χ3v) is 5.12. The van der Waals surface area contributed by atoms with Gasteiger partial charge in [0.2, 0.25) is 5.79 Å². The molecular weight excluding hydrogens is 208 g/mol. The quantitative estimate of drug-likeness (QED) is 0.624. The van der Waals surface area contributed by atoms with E-state index in [1.54, 1.807) is 7.11 Å². The van der Waals surface area contributed by atoms with E-state index in [1.807, 2.05) is 0 Å². The Balaban J connectivity index is 1.74. The standard InChI is InChI=1S/C12H18O4/c1-7-9-10-8(16-10)3-4-11(9,13-2)12(7)14-5-6-15-12/h7-10H,3-6H2,1-2H3/t7?,8-,9+,10-,11+/m0/s1. The van der Waals surface area contributed by atoms with Crippen molar-refractivity contribution in [2.24, 2.45) is 11.8 Å². The first-order valence-electron chi connectivity index (χ1n) is 6.24. The van der Waals surface area contributed by atoms with Crippen LogP contribution in [0.25, 0.3) is 0 Å². The number of rotatable bonds is 1. The van der Waals surface area contributed by atoms with Gasteiger partial charge < -0.3 is 18.9 Å². The lowest BCUT2D eigenvalue weighted by Gasteiger charge is -2.64. The van der Waals surface area contributed by atoms with E-state index >= 15 is 0 Å². The van der Waals surface area contributed by atoms with Gasteiger partial charge in [0.05, 0.1) is 25.4 Å². The van der Waals surface area contributed by atoms with Gasteiger partial charge in [0.25, 0.3) is 0 Å². The minimum atomic E-state index is -0.483. The van der Waals surface area contributed by atoms with Crippen LogP contribution in [0.5, 0.6) is 0 Å². The largest absolute Gasteiger partial charge is 0.372 e. The first-order valence-corrected chi connectivity index (χ1v) is 6.24. The van der Waals surface area contributed by atoms with Gasteiger partial charge in [-0.1, -0.05) is 6.92 Å². The molecule has 0 amide bonds. The zero-order chi connectivity index (χ0) is 11.0. The van der Waals surface area contributed by atoms with E-state index in [1.165, 1.54) is 0 Å². The summed E-state index contributed by atoms with van der Waals surface area (Å²) < 4.78 is 23.4. The van der Waals surface area contributed by atoms with Gasteiger partial charge in [-0.05, 0) is 12.8 Å². The zero-order valence-electron chi connectivity index (χ0n) is 9.77. The minimum absolute atomic E-state index is 0.249. The van der Waals surface area contributed by atoms with Gasteiger partial charge >= 0.3 is 0 Å². The maximum atomic E-state index is 5.92. The summed E-state index contributed by atoms with van der Waals surface area (Å²) >= 11 is 0. The van der Waals surface area contributed by atoms with Gasteiger partial charge in [0, 0.05) is 18.9 Å². The predicted octanol–water partition coefficient (Wildman–Crippen LogP) is 0.942. The topological polar surface area (TPSA) is 40.2 Å². The molecule has 1 spiro atoms. The fourth-order valence-electron chi connectivity index (χ4n) is 4.43. The van der Waals surface area contributed by atoms with Crippen molar-refractivity contribution in [2.75, 3.05) is 20.3 Å². The summed E-state index contributed by atoms with van der Waals surface area (Å²) in [6.07, 6.45) is 2.95. The van der Waals surface area contributed by atoms with E-state index in [0.717, 1.165) is 12.8 Å². The van der Waals surface area contributed by atoms with Crippen LogP contribution in [0, 0.1) is 11.8 Å². The molecule has 0 N–H and O–H groups in total. The normalized spacial score (nSPS) is 56.6. The summed E-state index contributed by atoms with van der Waals surface area (Å²) in [4.78, 5) is 0. The molecule has 4 aliphatic rings. The number of hydrogen-bond acceptors (Lipinski definition) is 4. The third-order valence-electron chi connectivity index (χ3n) is 5.12. The van der Waals surface area contributed by atoms with Crippen LogP contribution in [-0.2, 0) is 18.9 Å². The number of ether oxygens (including phenoxy) is 4. The Hall–Kier alpha value is -0.160. The molecule has 0 bridgehead atoms. The van der Waals surface area contributed by atoms with Crippen molar-refractivity contribution in [3.63, 3.8) is 0 Å². The van der Waals surface area contributed by atoms with Crippen LogP contribution in [0.1, 0.15) is 19.8 Å². The first-order chi connectivity index (χ1) is 7.75. The highest BCUT2D eigenvalue weighted by atomic mass is 16.8. The smallest absolute Gasteiger partial charge is 0.201 e. The van der Waals surface area contributed by atoms with E-state index in [2.05, 4.69) is 6.92 Å². The molecule has 0 aromatic carbocycles. The van der Waals surface area contributed by atoms with Gasteiger partial charge in [-0.3, -0.25) is 0 Å². The third kappa shape index (κ3) is 0.817. The van der Waals surface area contributed by atoms with Crippen molar-refractivity contribution in [3.05, 3.63) is 0 Å². The van der Waals surface area contributed by atoms with E-state index in [9.17, 15) is 0 Å². The monoisotopic (exact) mass is 226 g/mol. The molecular formula is C12H18O4. The Bertz CT molecular complexity index is 325. The number of fused-ring (bicyclic) bond motifs is 4. The van der Waals surface area contributed by atoms with E-state index in [4.69, 9.17) is 18.9 Å². The van der Waals surface area contributed by atoms with Gasteiger partial charge in [-0.15, -0.1) is 0 Å². The highest BCUT2D eigenvalue weighted by Gasteiger charge is 2.80. The van der Waals surface area contributed by atoms with E-state index in [0.29, 0.717) is 37.3 Å². The second-order valence-corrected chi connectivity index (χ2v) is 5.45. The lowest BCUT2D eigenvalue weighted by atomic mass is 9.51. The Morgan fingerprint density at radius 1 is 1.25 bits per heavy atom. The minimum Gasteiger partial charge on any atom is -0.372 e. The van der Waals surface area contributed by atoms with Crippen LogP contribution >= 0.6 is 0 Å².